The zero-order chi connectivity index (χ0) is 34.9. The first-order valence-corrected chi connectivity index (χ1v) is 17.1. The maximum atomic E-state index is 10.3. The van der Waals surface area contributed by atoms with Crippen LogP contribution in [-0.4, -0.2) is 19.9 Å². The van der Waals surface area contributed by atoms with Crippen molar-refractivity contribution in [1.82, 2.24) is 19.9 Å². The third kappa shape index (κ3) is 5.75. The van der Waals surface area contributed by atoms with Gasteiger partial charge >= 0.3 is 0 Å². The second kappa shape index (κ2) is 13.2. The number of para-hydroxylation sites is 2. The summed E-state index contributed by atoms with van der Waals surface area (Å²) in [6, 6.07) is 61.5. The molecule has 9 aromatic rings. The summed E-state index contributed by atoms with van der Waals surface area (Å²) in [5, 5.41) is 12.2. The van der Waals surface area contributed by atoms with E-state index in [0.717, 1.165) is 77.7 Å². The molecule has 0 unspecified atom stereocenters. The standard InChI is InChI=1S/C47H29N5/c48-30-38-26-25-34(33-17-11-19-36(27-33)44-39-21-7-9-23-42(39)49-46(51-44)31-13-3-1-4-14-31)29-41(38)35-18-12-20-37(28-35)45-40-22-8-10-24-43(40)50-47(52-45)32-15-5-2-6-16-32/h1-29H. The molecule has 0 saturated heterocycles. The Morgan fingerprint density at radius 1 is 0.346 bits per heavy atom. The molecule has 0 aliphatic rings. The van der Waals surface area contributed by atoms with Crippen LogP contribution in [-0.2, 0) is 0 Å². The van der Waals surface area contributed by atoms with Crippen molar-refractivity contribution in [3.8, 4) is 73.6 Å². The predicted molar refractivity (Wildman–Crippen MR) is 210 cm³/mol. The number of rotatable bonds is 6. The van der Waals surface area contributed by atoms with Crippen molar-refractivity contribution in [1.29, 1.82) is 5.26 Å². The predicted octanol–water partition coefficient (Wildman–Crippen LogP) is 11.4. The van der Waals surface area contributed by atoms with E-state index in [-0.39, 0.29) is 0 Å². The van der Waals surface area contributed by atoms with Crippen molar-refractivity contribution in [2.75, 3.05) is 0 Å². The van der Waals surface area contributed by atoms with E-state index in [9.17, 15) is 5.26 Å². The molecule has 52 heavy (non-hydrogen) atoms. The summed E-state index contributed by atoms with van der Waals surface area (Å²) in [7, 11) is 0. The smallest absolute Gasteiger partial charge is 0.160 e. The normalized spacial score (nSPS) is 11.1. The quantitative estimate of drug-likeness (QED) is 0.177. The topological polar surface area (TPSA) is 75.3 Å². The van der Waals surface area contributed by atoms with Gasteiger partial charge in [-0.15, -0.1) is 0 Å². The molecule has 7 aromatic carbocycles. The van der Waals surface area contributed by atoms with Gasteiger partial charge in [-0.2, -0.15) is 5.26 Å². The fourth-order valence-corrected chi connectivity index (χ4v) is 6.77. The zero-order valence-corrected chi connectivity index (χ0v) is 28.0. The van der Waals surface area contributed by atoms with E-state index in [2.05, 4.69) is 66.7 Å². The second-order valence-electron chi connectivity index (χ2n) is 12.6. The maximum Gasteiger partial charge on any atom is 0.160 e. The Labute approximate surface area is 301 Å². The van der Waals surface area contributed by atoms with Crippen molar-refractivity contribution >= 4 is 21.8 Å². The lowest BCUT2D eigenvalue weighted by Gasteiger charge is -2.13. The van der Waals surface area contributed by atoms with E-state index in [1.165, 1.54) is 0 Å². The Morgan fingerprint density at radius 2 is 0.788 bits per heavy atom. The number of benzene rings is 7. The summed E-state index contributed by atoms with van der Waals surface area (Å²) in [4.78, 5) is 20.0. The van der Waals surface area contributed by atoms with Gasteiger partial charge in [0.15, 0.2) is 11.6 Å². The van der Waals surface area contributed by atoms with E-state index >= 15 is 0 Å². The zero-order valence-electron chi connectivity index (χ0n) is 28.0. The van der Waals surface area contributed by atoms with Gasteiger partial charge in [0.1, 0.15) is 0 Å². The summed E-state index contributed by atoms with van der Waals surface area (Å²) in [5.74, 6) is 1.36. The lowest BCUT2D eigenvalue weighted by molar-refractivity contribution is 1.23. The van der Waals surface area contributed by atoms with Gasteiger partial charge in [-0.3, -0.25) is 0 Å². The first-order valence-electron chi connectivity index (χ1n) is 17.1. The molecular weight excluding hydrogens is 635 g/mol. The molecular formula is C47H29N5. The Kier molecular flexibility index (Phi) is 7.81. The summed E-state index contributed by atoms with van der Waals surface area (Å²) >= 11 is 0. The molecule has 0 amide bonds. The first kappa shape index (κ1) is 30.7. The van der Waals surface area contributed by atoms with Crippen molar-refractivity contribution in [3.05, 3.63) is 181 Å². The van der Waals surface area contributed by atoms with Crippen LogP contribution in [0.5, 0.6) is 0 Å². The summed E-state index contributed by atoms with van der Waals surface area (Å²) in [5.41, 5.74) is 11.8. The maximum absolute atomic E-state index is 10.3. The highest BCUT2D eigenvalue weighted by Gasteiger charge is 2.16. The van der Waals surface area contributed by atoms with Crippen LogP contribution < -0.4 is 0 Å². The van der Waals surface area contributed by atoms with Gasteiger partial charge in [0, 0.05) is 38.6 Å². The Bertz CT molecular complexity index is 2800. The Balaban J connectivity index is 1.14. The van der Waals surface area contributed by atoms with Crippen LogP contribution in [0.1, 0.15) is 5.56 Å². The number of hydrogen-bond donors (Lipinski definition) is 0. The largest absolute Gasteiger partial charge is 0.228 e. The van der Waals surface area contributed by atoms with Gasteiger partial charge in [-0.25, -0.2) is 19.9 Å². The van der Waals surface area contributed by atoms with Gasteiger partial charge in [0.2, 0.25) is 0 Å². The monoisotopic (exact) mass is 663 g/mol. The van der Waals surface area contributed by atoms with Crippen LogP contribution in [0, 0.1) is 11.3 Å². The van der Waals surface area contributed by atoms with Crippen molar-refractivity contribution in [3.63, 3.8) is 0 Å². The van der Waals surface area contributed by atoms with Gasteiger partial charge in [-0.05, 0) is 53.1 Å². The van der Waals surface area contributed by atoms with E-state index in [4.69, 9.17) is 19.9 Å². The molecule has 0 radical (unpaired) electrons. The molecule has 0 fully saturated rings. The third-order valence-electron chi connectivity index (χ3n) is 9.33. The molecule has 5 nitrogen and oxygen atoms in total. The van der Waals surface area contributed by atoms with Gasteiger partial charge in [0.25, 0.3) is 0 Å². The molecule has 2 heterocycles. The molecule has 9 rings (SSSR count). The molecule has 0 aliphatic heterocycles. The molecule has 0 N–H and O–H groups in total. The fourth-order valence-electron chi connectivity index (χ4n) is 6.77. The van der Waals surface area contributed by atoms with Gasteiger partial charge in [0.05, 0.1) is 34.1 Å². The third-order valence-corrected chi connectivity index (χ3v) is 9.33. The van der Waals surface area contributed by atoms with E-state index < -0.39 is 0 Å². The van der Waals surface area contributed by atoms with Gasteiger partial charge in [-0.1, -0.05) is 140 Å². The minimum Gasteiger partial charge on any atom is -0.228 e. The molecule has 242 valence electrons. The molecule has 2 aromatic heterocycles. The van der Waals surface area contributed by atoms with Crippen molar-refractivity contribution in [2.45, 2.75) is 0 Å². The number of hydrogen-bond acceptors (Lipinski definition) is 5. The number of nitriles is 1. The Hall–Kier alpha value is -7.29. The SMILES string of the molecule is N#Cc1ccc(-c2cccc(-c3nc(-c4ccccc4)nc4ccccc34)c2)cc1-c1cccc(-c2nc(-c3ccccc3)nc3ccccc23)c1. The van der Waals surface area contributed by atoms with Crippen LogP contribution in [0.15, 0.2) is 176 Å². The minimum atomic E-state index is 0.601. The van der Waals surface area contributed by atoms with E-state index in [1.54, 1.807) is 0 Å². The molecule has 0 atom stereocenters. The second-order valence-corrected chi connectivity index (χ2v) is 12.6. The first-order chi connectivity index (χ1) is 25.7. The molecule has 0 saturated carbocycles. The van der Waals surface area contributed by atoms with E-state index in [0.29, 0.717) is 17.2 Å². The Morgan fingerprint density at radius 3 is 1.35 bits per heavy atom. The highest BCUT2D eigenvalue weighted by Crippen LogP contribution is 2.36. The highest BCUT2D eigenvalue weighted by molar-refractivity contribution is 5.96. The summed E-state index contributed by atoms with van der Waals surface area (Å²) in [6.07, 6.45) is 0. The average molecular weight is 664 g/mol. The van der Waals surface area contributed by atoms with Crippen LogP contribution in [0.4, 0.5) is 0 Å². The molecule has 5 heteroatoms. The number of fused-ring (bicyclic) bond motifs is 2. The van der Waals surface area contributed by atoms with Crippen LogP contribution >= 0.6 is 0 Å². The van der Waals surface area contributed by atoms with Crippen molar-refractivity contribution < 1.29 is 0 Å². The van der Waals surface area contributed by atoms with Crippen molar-refractivity contribution in [2.24, 2.45) is 0 Å². The number of aromatic nitrogens is 4. The van der Waals surface area contributed by atoms with Crippen LogP contribution in [0.3, 0.4) is 0 Å². The average Bonchev–Trinajstić information content (AvgIpc) is 3.23. The summed E-state index contributed by atoms with van der Waals surface area (Å²) in [6.45, 7) is 0. The van der Waals surface area contributed by atoms with Gasteiger partial charge < -0.3 is 0 Å². The lowest BCUT2D eigenvalue weighted by atomic mass is 9.92. The number of nitrogens with zero attached hydrogens (tertiary/aromatic N) is 5. The molecule has 0 spiro atoms. The fraction of sp³-hybridized carbons (Fsp3) is 0. The minimum absolute atomic E-state index is 0.601. The highest BCUT2D eigenvalue weighted by atomic mass is 14.9. The molecule has 0 bridgehead atoms. The molecule has 0 aliphatic carbocycles. The van der Waals surface area contributed by atoms with E-state index in [1.807, 2.05) is 115 Å². The lowest BCUT2D eigenvalue weighted by Crippen LogP contribution is -1.96. The van der Waals surface area contributed by atoms with Crippen LogP contribution in [0.25, 0.3) is 89.4 Å². The summed E-state index contributed by atoms with van der Waals surface area (Å²) < 4.78 is 0. The van der Waals surface area contributed by atoms with Crippen LogP contribution in [0.2, 0.25) is 0 Å².